The van der Waals surface area contributed by atoms with Crippen LogP contribution in [0, 0.1) is 0 Å². The number of carbonyl (C=O) groups excluding carboxylic acids is 1. The molecule has 0 spiro atoms. The number of hydrogen-bond acceptors (Lipinski definition) is 5. The van der Waals surface area contributed by atoms with E-state index in [0.29, 0.717) is 28.3 Å². The standard InChI is InChI=1S/C20H20N2O4S/c1-12(2)27(24,25)16-8-5-13(6-9-16)19(23)21-15-7-10-18-17(11-15)22-20(26-18)14-3-4-14/h5-12,14H,3-4H2,1-2H3,(H,21,23). The molecule has 7 heteroatoms. The van der Waals surface area contributed by atoms with Crippen LogP contribution in [0.1, 0.15) is 48.9 Å². The smallest absolute Gasteiger partial charge is 0.255 e. The number of hydrogen-bond donors (Lipinski definition) is 1. The molecule has 1 heterocycles. The molecule has 1 saturated carbocycles. The number of carbonyl (C=O) groups is 1. The largest absolute Gasteiger partial charge is 0.440 e. The molecule has 0 atom stereocenters. The number of fused-ring (bicyclic) bond motifs is 1. The number of benzene rings is 2. The van der Waals surface area contributed by atoms with Gasteiger partial charge in [-0.1, -0.05) is 0 Å². The molecule has 0 unspecified atom stereocenters. The molecule has 1 amide bonds. The molecule has 1 aliphatic rings. The lowest BCUT2D eigenvalue weighted by Crippen LogP contribution is -2.15. The average molecular weight is 384 g/mol. The molecular formula is C20H20N2O4S. The van der Waals surface area contributed by atoms with Gasteiger partial charge >= 0.3 is 0 Å². The summed E-state index contributed by atoms with van der Waals surface area (Å²) < 4.78 is 30.1. The van der Waals surface area contributed by atoms with E-state index in [1.165, 1.54) is 24.3 Å². The fraction of sp³-hybridized carbons (Fsp3) is 0.300. The summed E-state index contributed by atoms with van der Waals surface area (Å²) in [6.45, 7) is 3.26. The molecule has 4 rings (SSSR count). The van der Waals surface area contributed by atoms with Crippen molar-refractivity contribution in [2.75, 3.05) is 5.32 Å². The number of aromatic nitrogens is 1. The Morgan fingerprint density at radius 3 is 2.48 bits per heavy atom. The van der Waals surface area contributed by atoms with Crippen LogP contribution >= 0.6 is 0 Å². The zero-order valence-electron chi connectivity index (χ0n) is 15.1. The Morgan fingerprint density at radius 1 is 1.15 bits per heavy atom. The third kappa shape index (κ3) is 3.47. The Balaban J connectivity index is 1.52. The van der Waals surface area contributed by atoms with Crippen LogP contribution in [-0.2, 0) is 9.84 Å². The Hall–Kier alpha value is -2.67. The maximum atomic E-state index is 12.5. The molecule has 6 nitrogen and oxygen atoms in total. The lowest BCUT2D eigenvalue weighted by atomic mass is 10.2. The van der Waals surface area contributed by atoms with Crippen LogP contribution in [0.5, 0.6) is 0 Å². The van der Waals surface area contributed by atoms with Crippen molar-refractivity contribution in [1.82, 2.24) is 4.98 Å². The zero-order valence-corrected chi connectivity index (χ0v) is 15.9. The molecule has 0 saturated heterocycles. The molecule has 2 aromatic carbocycles. The topological polar surface area (TPSA) is 89.3 Å². The molecular weight excluding hydrogens is 364 g/mol. The van der Waals surface area contributed by atoms with E-state index in [4.69, 9.17) is 4.42 Å². The van der Waals surface area contributed by atoms with Crippen molar-refractivity contribution in [2.45, 2.75) is 42.8 Å². The molecule has 1 aromatic heterocycles. The zero-order chi connectivity index (χ0) is 19.2. The van der Waals surface area contributed by atoms with Crippen LogP contribution in [0.25, 0.3) is 11.1 Å². The lowest BCUT2D eigenvalue weighted by Gasteiger charge is -2.09. The van der Waals surface area contributed by atoms with Crippen LogP contribution in [0.4, 0.5) is 5.69 Å². The van der Waals surface area contributed by atoms with Gasteiger partial charge in [-0.05, 0) is 69.2 Å². The van der Waals surface area contributed by atoms with E-state index in [1.54, 1.807) is 32.0 Å². The van der Waals surface area contributed by atoms with Crippen molar-refractivity contribution >= 4 is 32.5 Å². The highest BCUT2D eigenvalue weighted by Gasteiger charge is 2.29. The van der Waals surface area contributed by atoms with Gasteiger partial charge in [-0.3, -0.25) is 4.79 Å². The first-order chi connectivity index (χ1) is 12.8. The monoisotopic (exact) mass is 384 g/mol. The third-order valence-corrected chi connectivity index (χ3v) is 6.82. The Kier molecular flexibility index (Phi) is 4.26. The van der Waals surface area contributed by atoms with Crippen molar-refractivity contribution < 1.29 is 17.6 Å². The first kappa shape index (κ1) is 17.7. The van der Waals surface area contributed by atoms with Crippen LogP contribution in [-0.4, -0.2) is 24.6 Å². The predicted octanol–water partition coefficient (Wildman–Crippen LogP) is 4.14. The van der Waals surface area contributed by atoms with E-state index in [-0.39, 0.29) is 10.8 Å². The molecule has 1 N–H and O–H groups in total. The van der Waals surface area contributed by atoms with E-state index >= 15 is 0 Å². The number of nitrogens with one attached hydrogen (secondary N) is 1. The quantitative estimate of drug-likeness (QED) is 0.714. The minimum absolute atomic E-state index is 0.214. The predicted molar refractivity (Wildman–Crippen MR) is 103 cm³/mol. The number of anilines is 1. The number of nitrogens with zero attached hydrogens (tertiary/aromatic N) is 1. The third-order valence-electron chi connectivity index (χ3n) is 4.65. The van der Waals surface area contributed by atoms with Gasteiger partial charge < -0.3 is 9.73 Å². The van der Waals surface area contributed by atoms with Gasteiger partial charge in [-0.2, -0.15) is 0 Å². The summed E-state index contributed by atoms with van der Waals surface area (Å²) in [6.07, 6.45) is 2.22. The number of rotatable bonds is 5. The molecule has 1 aliphatic carbocycles. The molecule has 3 aromatic rings. The average Bonchev–Trinajstić information content (AvgIpc) is 3.41. The second kappa shape index (κ2) is 6.49. The van der Waals surface area contributed by atoms with E-state index in [1.807, 2.05) is 0 Å². The van der Waals surface area contributed by atoms with Crippen molar-refractivity contribution in [2.24, 2.45) is 0 Å². The van der Waals surface area contributed by atoms with Crippen molar-refractivity contribution in [1.29, 1.82) is 0 Å². The fourth-order valence-corrected chi connectivity index (χ4v) is 3.86. The van der Waals surface area contributed by atoms with Gasteiger partial charge in [0.05, 0.1) is 10.1 Å². The van der Waals surface area contributed by atoms with Gasteiger partial charge in [0.15, 0.2) is 21.3 Å². The maximum absolute atomic E-state index is 12.5. The second-order valence-corrected chi connectivity index (χ2v) is 9.59. The Morgan fingerprint density at radius 2 is 1.85 bits per heavy atom. The van der Waals surface area contributed by atoms with Crippen LogP contribution in [0.2, 0.25) is 0 Å². The molecule has 1 fully saturated rings. The van der Waals surface area contributed by atoms with Crippen molar-refractivity contribution in [3.05, 3.63) is 53.9 Å². The summed E-state index contributed by atoms with van der Waals surface area (Å²) in [5, 5.41) is 2.31. The highest BCUT2D eigenvalue weighted by atomic mass is 32.2. The number of sulfone groups is 1. The maximum Gasteiger partial charge on any atom is 0.255 e. The van der Waals surface area contributed by atoms with Crippen LogP contribution in [0.3, 0.4) is 0 Å². The summed E-state index contributed by atoms with van der Waals surface area (Å²) >= 11 is 0. The van der Waals surface area contributed by atoms with Gasteiger partial charge in [0.25, 0.3) is 5.91 Å². The summed E-state index contributed by atoms with van der Waals surface area (Å²) in [4.78, 5) is 17.2. The molecule has 140 valence electrons. The lowest BCUT2D eigenvalue weighted by molar-refractivity contribution is 0.102. The Labute approximate surface area is 157 Å². The summed E-state index contributed by atoms with van der Waals surface area (Å²) in [5.41, 5.74) is 2.42. The summed E-state index contributed by atoms with van der Waals surface area (Å²) in [6, 6.07) is 11.3. The van der Waals surface area contributed by atoms with Crippen molar-refractivity contribution in [3.8, 4) is 0 Å². The van der Waals surface area contributed by atoms with Crippen LogP contribution < -0.4 is 5.32 Å². The number of oxazole rings is 1. The highest BCUT2D eigenvalue weighted by Crippen LogP contribution is 2.40. The fourth-order valence-electron chi connectivity index (χ4n) is 2.80. The van der Waals surface area contributed by atoms with E-state index in [2.05, 4.69) is 10.3 Å². The SMILES string of the molecule is CC(C)S(=O)(=O)c1ccc(C(=O)Nc2ccc3oc(C4CC4)nc3c2)cc1. The Bertz CT molecular complexity index is 1110. The summed E-state index contributed by atoms with van der Waals surface area (Å²) in [7, 11) is -3.35. The van der Waals surface area contributed by atoms with Gasteiger partial charge in [-0.15, -0.1) is 0 Å². The van der Waals surface area contributed by atoms with Gasteiger partial charge in [0, 0.05) is 17.2 Å². The first-order valence-electron chi connectivity index (χ1n) is 8.90. The number of amides is 1. The molecule has 0 bridgehead atoms. The van der Waals surface area contributed by atoms with E-state index < -0.39 is 15.1 Å². The van der Waals surface area contributed by atoms with Gasteiger partial charge in [-0.25, -0.2) is 13.4 Å². The first-order valence-corrected chi connectivity index (χ1v) is 10.4. The van der Waals surface area contributed by atoms with E-state index in [0.717, 1.165) is 18.7 Å². The minimum Gasteiger partial charge on any atom is -0.440 e. The highest BCUT2D eigenvalue weighted by molar-refractivity contribution is 7.92. The molecule has 27 heavy (non-hydrogen) atoms. The van der Waals surface area contributed by atoms with Crippen LogP contribution in [0.15, 0.2) is 51.8 Å². The minimum atomic E-state index is -3.35. The molecule has 0 aliphatic heterocycles. The van der Waals surface area contributed by atoms with E-state index in [9.17, 15) is 13.2 Å². The molecule has 0 radical (unpaired) electrons. The second-order valence-electron chi connectivity index (χ2n) is 7.08. The van der Waals surface area contributed by atoms with Gasteiger partial charge in [0.1, 0.15) is 5.52 Å². The van der Waals surface area contributed by atoms with Crippen molar-refractivity contribution in [3.63, 3.8) is 0 Å². The summed E-state index contributed by atoms with van der Waals surface area (Å²) in [5.74, 6) is 0.875. The normalized spacial score (nSPS) is 14.6. The van der Waals surface area contributed by atoms with Gasteiger partial charge in [0.2, 0.25) is 0 Å².